The lowest BCUT2D eigenvalue weighted by atomic mass is 10.2. The van der Waals surface area contributed by atoms with Gasteiger partial charge >= 0.3 is 5.97 Å². The van der Waals surface area contributed by atoms with Gasteiger partial charge in [0.2, 0.25) is 0 Å². The fourth-order valence-corrected chi connectivity index (χ4v) is 2.10. The minimum absolute atomic E-state index is 0.267. The number of fused-ring (bicyclic) bond motifs is 1. The number of ether oxygens (including phenoxy) is 1. The average molecular weight is 341 g/mol. The molecule has 2 aromatic rings. The Morgan fingerprint density at radius 1 is 1.45 bits per heavy atom. The molecule has 0 aliphatic rings. The van der Waals surface area contributed by atoms with Gasteiger partial charge in [0.1, 0.15) is 4.60 Å². The summed E-state index contributed by atoms with van der Waals surface area (Å²) in [6.07, 6.45) is 4.36. The van der Waals surface area contributed by atoms with Crippen LogP contribution in [0.25, 0.3) is 5.65 Å². The van der Waals surface area contributed by atoms with Crippen molar-refractivity contribution in [1.82, 2.24) is 14.4 Å². The SMILES string of the molecule is CCOC(=O)c1cn2cc(Br)nc(NC(C)CC)c2n1. The van der Waals surface area contributed by atoms with Gasteiger partial charge in [-0.3, -0.25) is 0 Å². The molecule has 6 nitrogen and oxygen atoms in total. The topological polar surface area (TPSA) is 68.5 Å². The zero-order valence-electron chi connectivity index (χ0n) is 11.7. The van der Waals surface area contributed by atoms with Crippen LogP contribution in [0.3, 0.4) is 0 Å². The normalized spacial score (nSPS) is 12.4. The van der Waals surface area contributed by atoms with Crippen LogP contribution >= 0.6 is 15.9 Å². The molecule has 2 heterocycles. The molecule has 0 aliphatic carbocycles. The van der Waals surface area contributed by atoms with Gasteiger partial charge in [0.25, 0.3) is 0 Å². The maximum atomic E-state index is 11.7. The molecule has 0 spiro atoms. The molecule has 0 saturated heterocycles. The largest absolute Gasteiger partial charge is 0.461 e. The summed E-state index contributed by atoms with van der Waals surface area (Å²) in [7, 11) is 0. The highest BCUT2D eigenvalue weighted by atomic mass is 79.9. The molecule has 0 aliphatic heterocycles. The van der Waals surface area contributed by atoms with Crippen molar-refractivity contribution in [2.24, 2.45) is 0 Å². The van der Waals surface area contributed by atoms with E-state index in [0.29, 0.717) is 22.7 Å². The van der Waals surface area contributed by atoms with Crippen LogP contribution in [-0.4, -0.2) is 33.0 Å². The zero-order chi connectivity index (χ0) is 14.7. The van der Waals surface area contributed by atoms with Gasteiger partial charge in [0.15, 0.2) is 17.2 Å². The van der Waals surface area contributed by atoms with E-state index in [-0.39, 0.29) is 11.7 Å². The molecule has 2 rings (SSSR count). The van der Waals surface area contributed by atoms with Crippen LogP contribution in [0.1, 0.15) is 37.7 Å². The molecule has 0 aromatic carbocycles. The first kappa shape index (κ1) is 14.8. The summed E-state index contributed by atoms with van der Waals surface area (Å²) in [4.78, 5) is 20.4. The minimum atomic E-state index is -0.429. The second-order valence-electron chi connectivity index (χ2n) is 4.44. The summed E-state index contributed by atoms with van der Waals surface area (Å²) < 4.78 is 7.39. The second kappa shape index (κ2) is 6.21. The van der Waals surface area contributed by atoms with Crippen molar-refractivity contribution in [2.75, 3.05) is 11.9 Å². The fourth-order valence-electron chi connectivity index (χ4n) is 1.70. The number of rotatable bonds is 5. The Morgan fingerprint density at radius 2 is 2.20 bits per heavy atom. The van der Waals surface area contributed by atoms with E-state index in [1.165, 1.54) is 0 Å². The van der Waals surface area contributed by atoms with Gasteiger partial charge in [0, 0.05) is 18.4 Å². The number of hydrogen-bond donors (Lipinski definition) is 1. The van der Waals surface area contributed by atoms with Crippen molar-refractivity contribution in [3.05, 3.63) is 22.7 Å². The van der Waals surface area contributed by atoms with Gasteiger partial charge in [0.05, 0.1) is 6.61 Å². The van der Waals surface area contributed by atoms with E-state index in [1.807, 2.05) is 0 Å². The molecule has 20 heavy (non-hydrogen) atoms. The van der Waals surface area contributed by atoms with E-state index >= 15 is 0 Å². The molecule has 0 bridgehead atoms. The van der Waals surface area contributed by atoms with Gasteiger partial charge in [-0.15, -0.1) is 0 Å². The number of nitrogens with zero attached hydrogens (tertiary/aromatic N) is 3. The first-order valence-electron chi connectivity index (χ1n) is 6.54. The van der Waals surface area contributed by atoms with Crippen molar-refractivity contribution in [2.45, 2.75) is 33.2 Å². The number of carbonyl (C=O) groups is 1. The van der Waals surface area contributed by atoms with Gasteiger partial charge in [-0.2, -0.15) is 0 Å². The summed E-state index contributed by atoms with van der Waals surface area (Å²) in [5.41, 5.74) is 0.885. The third kappa shape index (κ3) is 3.09. The molecule has 1 unspecified atom stereocenters. The van der Waals surface area contributed by atoms with Gasteiger partial charge < -0.3 is 14.5 Å². The van der Waals surface area contributed by atoms with E-state index in [0.717, 1.165) is 6.42 Å². The van der Waals surface area contributed by atoms with Crippen LogP contribution in [-0.2, 0) is 4.74 Å². The predicted octanol–water partition coefficient (Wildman–Crippen LogP) is 2.88. The fraction of sp³-hybridized carbons (Fsp3) is 0.462. The average Bonchev–Trinajstić information content (AvgIpc) is 2.82. The third-order valence-electron chi connectivity index (χ3n) is 2.89. The Bertz CT molecular complexity index is 626. The third-order valence-corrected chi connectivity index (χ3v) is 3.27. The molecule has 1 N–H and O–H groups in total. The Balaban J connectivity index is 2.44. The van der Waals surface area contributed by atoms with Crippen molar-refractivity contribution in [3.8, 4) is 0 Å². The molecule has 0 amide bonds. The molecule has 2 aromatic heterocycles. The molecule has 7 heteroatoms. The van der Waals surface area contributed by atoms with Crippen molar-refractivity contribution in [1.29, 1.82) is 0 Å². The van der Waals surface area contributed by atoms with E-state index in [4.69, 9.17) is 4.74 Å². The molecule has 0 fully saturated rings. The molecule has 0 saturated carbocycles. The lowest BCUT2D eigenvalue weighted by molar-refractivity contribution is 0.0520. The van der Waals surface area contributed by atoms with Crippen molar-refractivity contribution >= 4 is 33.4 Å². The van der Waals surface area contributed by atoms with Crippen LogP contribution in [0.4, 0.5) is 5.82 Å². The number of hydrogen-bond acceptors (Lipinski definition) is 5. The summed E-state index contributed by atoms with van der Waals surface area (Å²) >= 11 is 3.36. The van der Waals surface area contributed by atoms with Gasteiger partial charge in [-0.25, -0.2) is 14.8 Å². The van der Waals surface area contributed by atoms with Crippen LogP contribution in [0.2, 0.25) is 0 Å². The summed E-state index contributed by atoms with van der Waals surface area (Å²) in [6.45, 7) is 6.24. The molecule has 1 atom stereocenters. The number of imidazole rings is 1. The zero-order valence-corrected chi connectivity index (χ0v) is 13.3. The predicted molar refractivity (Wildman–Crippen MR) is 80.0 cm³/mol. The standard InChI is InChI=1S/C13H17BrN4O2/c1-4-8(3)15-11-12-16-9(13(19)20-5-2)6-18(12)7-10(14)17-11/h6-8H,4-5H2,1-3H3,(H,15,17). The number of aromatic nitrogens is 3. The highest BCUT2D eigenvalue weighted by Gasteiger charge is 2.16. The van der Waals surface area contributed by atoms with Crippen molar-refractivity contribution < 1.29 is 9.53 Å². The van der Waals surface area contributed by atoms with Gasteiger partial charge in [-0.1, -0.05) is 6.92 Å². The summed E-state index contributed by atoms with van der Waals surface area (Å²) in [5.74, 6) is 0.214. The van der Waals surface area contributed by atoms with E-state index in [1.54, 1.807) is 23.7 Å². The number of nitrogens with one attached hydrogen (secondary N) is 1. The minimum Gasteiger partial charge on any atom is -0.461 e. The highest BCUT2D eigenvalue weighted by Crippen LogP contribution is 2.20. The first-order chi connectivity index (χ1) is 9.55. The molecule has 108 valence electrons. The van der Waals surface area contributed by atoms with E-state index < -0.39 is 5.97 Å². The molecular weight excluding hydrogens is 324 g/mol. The second-order valence-corrected chi connectivity index (χ2v) is 5.26. The van der Waals surface area contributed by atoms with Crippen molar-refractivity contribution in [3.63, 3.8) is 0 Å². The van der Waals surface area contributed by atoms with Crippen LogP contribution < -0.4 is 5.32 Å². The Kier molecular flexibility index (Phi) is 4.59. The van der Waals surface area contributed by atoms with Crippen LogP contribution in [0, 0.1) is 0 Å². The Labute approximate surface area is 125 Å². The molecular formula is C13H17BrN4O2. The van der Waals surface area contributed by atoms with Crippen LogP contribution in [0.5, 0.6) is 0 Å². The van der Waals surface area contributed by atoms with E-state index in [2.05, 4.69) is 45.1 Å². The first-order valence-corrected chi connectivity index (χ1v) is 7.33. The molecule has 0 radical (unpaired) electrons. The highest BCUT2D eigenvalue weighted by molar-refractivity contribution is 9.10. The number of halogens is 1. The lowest BCUT2D eigenvalue weighted by Gasteiger charge is -2.12. The monoisotopic (exact) mass is 340 g/mol. The van der Waals surface area contributed by atoms with Crippen LogP contribution in [0.15, 0.2) is 17.0 Å². The number of esters is 1. The maximum absolute atomic E-state index is 11.7. The lowest BCUT2D eigenvalue weighted by Crippen LogP contribution is -2.15. The maximum Gasteiger partial charge on any atom is 0.358 e. The summed E-state index contributed by atoms with van der Waals surface area (Å²) in [6, 6.07) is 0.267. The number of anilines is 1. The summed E-state index contributed by atoms with van der Waals surface area (Å²) in [5, 5.41) is 3.28. The van der Waals surface area contributed by atoms with E-state index in [9.17, 15) is 4.79 Å². The smallest absolute Gasteiger partial charge is 0.358 e. The van der Waals surface area contributed by atoms with Gasteiger partial charge in [-0.05, 0) is 36.2 Å². The Morgan fingerprint density at radius 3 is 2.85 bits per heavy atom. The Hall–Kier alpha value is -1.63. The quantitative estimate of drug-likeness (QED) is 0.847. The number of carbonyl (C=O) groups excluding carboxylic acids is 1.